The first-order chi connectivity index (χ1) is 12.0. The normalized spacial score (nSPS) is 11.6. The van der Waals surface area contributed by atoms with E-state index in [0.717, 1.165) is 17.4 Å². The minimum Gasteiger partial charge on any atom is -0.241 e. The van der Waals surface area contributed by atoms with Crippen molar-refractivity contribution in [3.05, 3.63) is 77.9 Å². The molecule has 1 N–H and O–H groups in total. The fourth-order valence-corrected chi connectivity index (χ4v) is 3.76. The van der Waals surface area contributed by atoms with Gasteiger partial charge in [-0.2, -0.15) is 5.10 Å². The van der Waals surface area contributed by atoms with Crippen molar-refractivity contribution in [2.75, 3.05) is 6.54 Å². The molecule has 3 rings (SSSR count). The van der Waals surface area contributed by atoms with E-state index in [2.05, 4.69) is 9.82 Å². The summed E-state index contributed by atoms with van der Waals surface area (Å²) in [4.78, 5) is -0.0395. The van der Waals surface area contributed by atoms with Gasteiger partial charge >= 0.3 is 0 Å². The highest BCUT2D eigenvalue weighted by atomic mass is 32.2. The summed E-state index contributed by atoms with van der Waals surface area (Å²) in [6, 6.07) is 15.2. The van der Waals surface area contributed by atoms with Crippen LogP contribution in [0.5, 0.6) is 0 Å². The van der Waals surface area contributed by atoms with E-state index in [1.54, 1.807) is 11.6 Å². The van der Waals surface area contributed by atoms with Crippen LogP contribution in [-0.4, -0.2) is 24.7 Å². The molecule has 3 aromatic rings. The number of sulfonamides is 1. The molecule has 0 bridgehead atoms. The summed E-state index contributed by atoms with van der Waals surface area (Å²) in [6.45, 7) is 1.82. The summed E-state index contributed by atoms with van der Waals surface area (Å²) in [6.07, 6.45) is 2.27. The Morgan fingerprint density at radius 2 is 1.88 bits per heavy atom. The van der Waals surface area contributed by atoms with Gasteiger partial charge in [0.1, 0.15) is 5.82 Å². The third kappa shape index (κ3) is 4.12. The average Bonchev–Trinajstić information content (AvgIpc) is 3.06. The summed E-state index contributed by atoms with van der Waals surface area (Å²) >= 11 is 0. The number of nitrogens with one attached hydrogen (secondary N) is 1. The molecular formula is C18H18FN3O2S. The Kier molecular flexibility index (Phi) is 4.96. The third-order valence-corrected chi connectivity index (χ3v) is 5.38. The Hall–Kier alpha value is -2.51. The van der Waals surface area contributed by atoms with E-state index >= 15 is 0 Å². The van der Waals surface area contributed by atoms with Gasteiger partial charge in [-0.1, -0.05) is 24.3 Å². The second kappa shape index (κ2) is 7.16. The van der Waals surface area contributed by atoms with Crippen LogP contribution in [0, 0.1) is 12.7 Å². The lowest BCUT2D eigenvalue weighted by Crippen LogP contribution is -2.26. The van der Waals surface area contributed by atoms with E-state index in [0.29, 0.717) is 12.0 Å². The van der Waals surface area contributed by atoms with E-state index in [9.17, 15) is 12.8 Å². The van der Waals surface area contributed by atoms with Crippen LogP contribution in [0.3, 0.4) is 0 Å². The van der Waals surface area contributed by atoms with Crippen LogP contribution in [0.25, 0.3) is 5.69 Å². The lowest BCUT2D eigenvalue weighted by molar-refractivity contribution is 0.576. The highest BCUT2D eigenvalue weighted by Gasteiger charge is 2.17. The number of benzene rings is 2. The fourth-order valence-electron chi connectivity index (χ4n) is 2.47. The van der Waals surface area contributed by atoms with Gasteiger partial charge in [0, 0.05) is 19.2 Å². The number of halogens is 1. The molecular weight excluding hydrogens is 341 g/mol. The molecule has 0 atom stereocenters. The zero-order valence-corrected chi connectivity index (χ0v) is 14.5. The van der Waals surface area contributed by atoms with Crippen molar-refractivity contribution in [1.29, 1.82) is 0 Å². The first kappa shape index (κ1) is 17.3. The van der Waals surface area contributed by atoms with E-state index in [-0.39, 0.29) is 11.4 Å². The molecule has 0 aliphatic carbocycles. The zero-order valence-electron chi connectivity index (χ0n) is 13.7. The third-order valence-electron chi connectivity index (χ3n) is 3.78. The quantitative estimate of drug-likeness (QED) is 0.736. The molecule has 7 heteroatoms. The van der Waals surface area contributed by atoms with E-state index in [4.69, 9.17) is 0 Å². The standard InChI is InChI=1S/C18H18FN3O2S/c1-14-7-8-15(19)13-18(14)25(23,24)20-11-9-16-10-12-22(21-16)17-5-3-2-4-6-17/h2-8,10,12-13,20H,9,11H2,1H3. The Morgan fingerprint density at radius 1 is 1.12 bits per heavy atom. The molecule has 25 heavy (non-hydrogen) atoms. The number of aromatic nitrogens is 2. The van der Waals surface area contributed by atoms with Gasteiger partial charge in [-0.05, 0) is 42.8 Å². The Bertz CT molecular complexity index is 969. The van der Waals surface area contributed by atoms with Crippen molar-refractivity contribution < 1.29 is 12.8 Å². The van der Waals surface area contributed by atoms with Crippen LogP contribution in [0.15, 0.2) is 65.7 Å². The molecule has 130 valence electrons. The molecule has 0 spiro atoms. The van der Waals surface area contributed by atoms with Gasteiger partial charge in [-0.25, -0.2) is 22.2 Å². The van der Waals surface area contributed by atoms with Gasteiger partial charge in [0.05, 0.1) is 16.3 Å². The van der Waals surface area contributed by atoms with Crippen molar-refractivity contribution >= 4 is 10.0 Å². The Morgan fingerprint density at radius 3 is 2.64 bits per heavy atom. The van der Waals surface area contributed by atoms with Gasteiger partial charge in [0.25, 0.3) is 0 Å². The van der Waals surface area contributed by atoms with Crippen LogP contribution < -0.4 is 4.72 Å². The number of aryl methyl sites for hydroxylation is 1. The summed E-state index contributed by atoms with van der Waals surface area (Å²) in [5.41, 5.74) is 2.20. The fraction of sp³-hybridized carbons (Fsp3) is 0.167. The highest BCUT2D eigenvalue weighted by molar-refractivity contribution is 7.89. The van der Waals surface area contributed by atoms with Crippen LogP contribution in [-0.2, 0) is 16.4 Å². The summed E-state index contributed by atoms with van der Waals surface area (Å²) in [5.74, 6) is -0.576. The molecule has 1 aromatic heterocycles. The Balaban J connectivity index is 1.65. The molecule has 0 aliphatic rings. The molecule has 0 radical (unpaired) electrons. The number of hydrogen-bond donors (Lipinski definition) is 1. The number of rotatable bonds is 6. The molecule has 0 aliphatic heterocycles. The van der Waals surface area contributed by atoms with Gasteiger partial charge in [-0.15, -0.1) is 0 Å². The first-order valence-electron chi connectivity index (χ1n) is 7.81. The van der Waals surface area contributed by atoms with Gasteiger partial charge < -0.3 is 0 Å². The summed E-state index contributed by atoms with van der Waals surface area (Å²) in [5, 5.41) is 4.43. The number of hydrogen-bond acceptors (Lipinski definition) is 3. The highest BCUT2D eigenvalue weighted by Crippen LogP contribution is 2.16. The minimum absolute atomic E-state index is 0.0395. The second-order valence-electron chi connectivity index (χ2n) is 5.64. The molecule has 0 fully saturated rings. The van der Waals surface area contributed by atoms with Crippen LogP contribution in [0.2, 0.25) is 0 Å². The van der Waals surface area contributed by atoms with E-state index in [1.807, 2.05) is 42.6 Å². The zero-order chi connectivity index (χ0) is 17.9. The monoisotopic (exact) mass is 359 g/mol. The minimum atomic E-state index is -3.75. The number of nitrogens with zero attached hydrogens (tertiary/aromatic N) is 2. The van der Waals surface area contributed by atoms with Gasteiger partial charge in [0.2, 0.25) is 10.0 Å². The van der Waals surface area contributed by atoms with Gasteiger partial charge in [0.15, 0.2) is 0 Å². The maximum atomic E-state index is 13.3. The maximum Gasteiger partial charge on any atom is 0.240 e. The van der Waals surface area contributed by atoms with Crippen molar-refractivity contribution in [3.63, 3.8) is 0 Å². The molecule has 0 saturated heterocycles. The molecule has 0 saturated carbocycles. The smallest absolute Gasteiger partial charge is 0.240 e. The summed E-state index contributed by atoms with van der Waals surface area (Å²) < 4.78 is 42.2. The van der Waals surface area contributed by atoms with Crippen LogP contribution in [0.4, 0.5) is 4.39 Å². The van der Waals surface area contributed by atoms with Crippen molar-refractivity contribution in [3.8, 4) is 5.69 Å². The summed E-state index contributed by atoms with van der Waals surface area (Å²) in [7, 11) is -3.75. The lowest BCUT2D eigenvalue weighted by Gasteiger charge is -2.08. The van der Waals surface area contributed by atoms with Gasteiger partial charge in [-0.3, -0.25) is 0 Å². The number of para-hydroxylation sites is 1. The molecule has 1 heterocycles. The van der Waals surface area contributed by atoms with E-state index in [1.165, 1.54) is 12.1 Å². The van der Waals surface area contributed by atoms with Crippen molar-refractivity contribution in [2.24, 2.45) is 0 Å². The van der Waals surface area contributed by atoms with Crippen molar-refractivity contribution in [1.82, 2.24) is 14.5 Å². The average molecular weight is 359 g/mol. The molecule has 2 aromatic carbocycles. The first-order valence-corrected chi connectivity index (χ1v) is 9.30. The predicted molar refractivity (Wildman–Crippen MR) is 93.6 cm³/mol. The lowest BCUT2D eigenvalue weighted by atomic mass is 10.2. The van der Waals surface area contributed by atoms with Crippen LogP contribution in [0.1, 0.15) is 11.3 Å². The van der Waals surface area contributed by atoms with Crippen LogP contribution >= 0.6 is 0 Å². The predicted octanol–water partition coefficient (Wildman–Crippen LogP) is 2.84. The van der Waals surface area contributed by atoms with E-state index < -0.39 is 15.8 Å². The Labute approximate surface area is 146 Å². The van der Waals surface area contributed by atoms with Crippen molar-refractivity contribution in [2.45, 2.75) is 18.2 Å². The SMILES string of the molecule is Cc1ccc(F)cc1S(=O)(=O)NCCc1ccn(-c2ccccc2)n1. The molecule has 0 amide bonds. The largest absolute Gasteiger partial charge is 0.241 e. The molecule has 5 nitrogen and oxygen atoms in total. The topological polar surface area (TPSA) is 64.0 Å². The maximum absolute atomic E-state index is 13.3. The molecule has 0 unspecified atom stereocenters. The second-order valence-corrected chi connectivity index (χ2v) is 7.38.